The van der Waals surface area contributed by atoms with Crippen molar-refractivity contribution < 1.29 is 29.3 Å². The lowest BCUT2D eigenvalue weighted by molar-refractivity contribution is -0.157. The normalized spacial score (nSPS) is 17.1. The molecule has 0 unspecified atom stereocenters. The standard InChI is InChI=1S/C12H20N2O6/c1-12(2,3)20-11(19)14-6-4-13(5-7-14)8(9(15)16)10(17)18/h8H,4-7H2,1-3H3,(H,15,16)(H,17,18). The van der Waals surface area contributed by atoms with Crippen LogP contribution < -0.4 is 0 Å². The Morgan fingerprint density at radius 3 is 1.80 bits per heavy atom. The zero-order valence-corrected chi connectivity index (χ0v) is 11.8. The summed E-state index contributed by atoms with van der Waals surface area (Å²) >= 11 is 0. The minimum absolute atomic E-state index is 0.183. The fraction of sp³-hybridized carbons (Fsp3) is 0.750. The van der Waals surface area contributed by atoms with Crippen LogP contribution in [0.25, 0.3) is 0 Å². The van der Waals surface area contributed by atoms with Crippen molar-refractivity contribution >= 4 is 18.0 Å². The van der Waals surface area contributed by atoms with Crippen LogP contribution in [0.4, 0.5) is 4.79 Å². The first kappa shape index (κ1) is 16.2. The molecule has 0 aromatic rings. The van der Waals surface area contributed by atoms with E-state index in [1.807, 2.05) is 0 Å². The molecule has 8 nitrogen and oxygen atoms in total. The van der Waals surface area contributed by atoms with E-state index in [-0.39, 0.29) is 26.2 Å². The molecule has 20 heavy (non-hydrogen) atoms. The first-order valence-corrected chi connectivity index (χ1v) is 6.29. The van der Waals surface area contributed by atoms with Gasteiger partial charge >= 0.3 is 18.0 Å². The van der Waals surface area contributed by atoms with Crippen LogP contribution in [-0.2, 0) is 14.3 Å². The van der Waals surface area contributed by atoms with Gasteiger partial charge in [-0.2, -0.15) is 0 Å². The van der Waals surface area contributed by atoms with Gasteiger partial charge in [-0.1, -0.05) is 0 Å². The number of carbonyl (C=O) groups excluding carboxylic acids is 1. The van der Waals surface area contributed by atoms with Gasteiger partial charge in [-0.15, -0.1) is 0 Å². The fourth-order valence-corrected chi connectivity index (χ4v) is 1.91. The van der Waals surface area contributed by atoms with Gasteiger partial charge in [0.05, 0.1) is 0 Å². The summed E-state index contributed by atoms with van der Waals surface area (Å²) < 4.78 is 5.20. The van der Waals surface area contributed by atoms with E-state index in [1.165, 1.54) is 9.80 Å². The summed E-state index contributed by atoms with van der Waals surface area (Å²) in [6, 6.07) is -1.57. The van der Waals surface area contributed by atoms with Crippen LogP contribution in [0.15, 0.2) is 0 Å². The van der Waals surface area contributed by atoms with Crippen LogP contribution in [0.5, 0.6) is 0 Å². The van der Waals surface area contributed by atoms with Gasteiger partial charge in [0.2, 0.25) is 6.04 Å². The average molecular weight is 288 g/mol. The lowest BCUT2D eigenvalue weighted by Crippen LogP contribution is -2.56. The van der Waals surface area contributed by atoms with Gasteiger partial charge in [-0.3, -0.25) is 4.90 Å². The number of rotatable bonds is 3. The lowest BCUT2D eigenvalue weighted by Gasteiger charge is -2.36. The van der Waals surface area contributed by atoms with Crippen LogP contribution >= 0.6 is 0 Å². The zero-order valence-electron chi connectivity index (χ0n) is 11.8. The van der Waals surface area contributed by atoms with Gasteiger partial charge in [0.1, 0.15) is 5.60 Å². The second kappa shape index (κ2) is 6.08. The van der Waals surface area contributed by atoms with Gasteiger partial charge in [0.15, 0.2) is 0 Å². The first-order valence-electron chi connectivity index (χ1n) is 6.29. The van der Waals surface area contributed by atoms with Crippen molar-refractivity contribution in [1.29, 1.82) is 0 Å². The highest BCUT2D eigenvalue weighted by molar-refractivity contribution is 5.97. The molecule has 0 saturated carbocycles. The van der Waals surface area contributed by atoms with Crippen molar-refractivity contribution in [2.75, 3.05) is 26.2 Å². The molecule has 114 valence electrons. The van der Waals surface area contributed by atoms with Crippen molar-refractivity contribution in [2.24, 2.45) is 0 Å². The van der Waals surface area contributed by atoms with Crippen molar-refractivity contribution in [3.8, 4) is 0 Å². The Hall–Kier alpha value is -1.83. The largest absolute Gasteiger partial charge is 0.480 e. The minimum atomic E-state index is -1.57. The van der Waals surface area contributed by atoms with E-state index in [0.29, 0.717) is 0 Å². The number of amides is 1. The van der Waals surface area contributed by atoms with Gasteiger partial charge < -0.3 is 19.8 Å². The minimum Gasteiger partial charge on any atom is -0.480 e. The molecule has 8 heteroatoms. The summed E-state index contributed by atoms with van der Waals surface area (Å²) in [5.74, 6) is -2.80. The number of carboxylic acid groups (broad SMARTS) is 2. The van der Waals surface area contributed by atoms with E-state index in [0.717, 1.165) is 0 Å². The second-order valence-electron chi connectivity index (χ2n) is 5.58. The Bertz CT molecular complexity index is 381. The van der Waals surface area contributed by atoms with E-state index in [4.69, 9.17) is 14.9 Å². The summed E-state index contributed by atoms with van der Waals surface area (Å²) in [6.45, 7) is 6.12. The van der Waals surface area contributed by atoms with Crippen molar-refractivity contribution in [3.05, 3.63) is 0 Å². The highest BCUT2D eigenvalue weighted by Gasteiger charge is 2.36. The predicted molar refractivity (Wildman–Crippen MR) is 68.4 cm³/mol. The summed E-state index contributed by atoms with van der Waals surface area (Å²) in [7, 11) is 0. The Morgan fingerprint density at radius 1 is 1.00 bits per heavy atom. The highest BCUT2D eigenvalue weighted by Crippen LogP contribution is 2.13. The molecule has 0 aromatic carbocycles. The molecular weight excluding hydrogens is 268 g/mol. The molecule has 2 N–H and O–H groups in total. The fourth-order valence-electron chi connectivity index (χ4n) is 1.91. The molecule has 0 aromatic heterocycles. The van der Waals surface area contributed by atoms with E-state index >= 15 is 0 Å². The summed E-state index contributed by atoms with van der Waals surface area (Å²) in [5, 5.41) is 17.8. The molecule has 1 rings (SSSR count). The third kappa shape index (κ3) is 4.37. The first-order chi connectivity index (χ1) is 9.11. The molecule has 0 spiro atoms. The maximum absolute atomic E-state index is 11.8. The Kier molecular flexibility index (Phi) is 4.93. The van der Waals surface area contributed by atoms with Crippen LogP contribution in [0.3, 0.4) is 0 Å². The third-order valence-electron chi connectivity index (χ3n) is 2.80. The number of ether oxygens (including phenoxy) is 1. The SMILES string of the molecule is CC(C)(C)OC(=O)N1CCN(C(C(=O)O)C(=O)O)CC1. The van der Waals surface area contributed by atoms with Gasteiger partial charge in [0, 0.05) is 26.2 Å². The zero-order chi connectivity index (χ0) is 15.5. The van der Waals surface area contributed by atoms with Gasteiger partial charge in [-0.25, -0.2) is 14.4 Å². The monoisotopic (exact) mass is 288 g/mol. The molecule has 1 aliphatic rings. The van der Waals surface area contributed by atoms with E-state index in [2.05, 4.69) is 0 Å². The lowest BCUT2D eigenvalue weighted by atomic mass is 10.2. The molecule has 1 amide bonds. The van der Waals surface area contributed by atoms with Crippen molar-refractivity contribution in [1.82, 2.24) is 9.80 Å². The molecule has 0 bridgehead atoms. The smallest absolute Gasteiger partial charge is 0.410 e. The molecular formula is C12H20N2O6. The van der Waals surface area contributed by atoms with Crippen LogP contribution in [-0.4, -0.2) is 75.9 Å². The predicted octanol–water partition coefficient (Wildman–Crippen LogP) is 0.0769. The number of carboxylic acids is 2. The third-order valence-corrected chi connectivity index (χ3v) is 2.80. The van der Waals surface area contributed by atoms with Crippen LogP contribution in [0.1, 0.15) is 20.8 Å². The summed E-state index contributed by atoms with van der Waals surface area (Å²) in [5.41, 5.74) is -0.598. The van der Waals surface area contributed by atoms with Gasteiger partial charge in [0.25, 0.3) is 0 Å². The molecule has 0 atom stereocenters. The van der Waals surface area contributed by atoms with Crippen LogP contribution in [0.2, 0.25) is 0 Å². The molecule has 1 saturated heterocycles. The van der Waals surface area contributed by atoms with Crippen molar-refractivity contribution in [3.63, 3.8) is 0 Å². The molecule has 0 aliphatic carbocycles. The second-order valence-corrected chi connectivity index (χ2v) is 5.58. The molecule has 0 radical (unpaired) electrons. The number of hydrogen-bond acceptors (Lipinski definition) is 5. The summed E-state index contributed by atoms with van der Waals surface area (Å²) in [4.78, 5) is 36.4. The maximum Gasteiger partial charge on any atom is 0.410 e. The number of carbonyl (C=O) groups is 3. The number of aliphatic carboxylic acids is 2. The number of hydrogen-bond donors (Lipinski definition) is 2. The van der Waals surface area contributed by atoms with Crippen LogP contribution in [0, 0.1) is 0 Å². The highest BCUT2D eigenvalue weighted by atomic mass is 16.6. The Morgan fingerprint density at radius 2 is 1.45 bits per heavy atom. The topological polar surface area (TPSA) is 107 Å². The van der Waals surface area contributed by atoms with E-state index in [1.54, 1.807) is 20.8 Å². The molecule has 1 fully saturated rings. The Labute approximate surface area is 116 Å². The average Bonchev–Trinajstić information content (AvgIpc) is 2.26. The van der Waals surface area contributed by atoms with E-state index < -0.39 is 29.7 Å². The molecule has 1 heterocycles. The quantitative estimate of drug-likeness (QED) is 0.708. The molecule has 1 aliphatic heterocycles. The van der Waals surface area contributed by atoms with Gasteiger partial charge in [-0.05, 0) is 20.8 Å². The number of piperazine rings is 1. The van der Waals surface area contributed by atoms with Crippen molar-refractivity contribution in [2.45, 2.75) is 32.4 Å². The van der Waals surface area contributed by atoms with E-state index in [9.17, 15) is 14.4 Å². The number of nitrogens with zero attached hydrogens (tertiary/aromatic N) is 2. The summed E-state index contributed by atoms with van der Waals surface area (Å²) in [6.07, 6.45) is -0.473. The maximum atomic E-state index is 11.8. The Balaban J connectivity index is 2.57.